The number of benzene rings is 1. The minimum Gasteiger partial charge on any atom is -0.469 e. The number of amides is 1. The van der Waals surface area contributed by atoms with E-state index in [1.165, 1.54) is 0 Å². The maximum atomic E-state index is 13.1. The van der Waals surface area contributed by atoms with Crippen molar-refractivity contribution in [2.24, 2.45) is 5.92 Å². The van der Waals surface area contributed by atoms with Gasteiger partial charge in [-0.15, -0.1) is 0 Å². The van der Waals surface area contributed by atoms with Gasteiger partial charge in [-0.2, -0.15) is 18.3 Å². The van der Waals surface area contributed by atoms with Crippen LogP contribution in [0.5, 0.6) is 0 Å². The number of rotatable bonds is 3. The predicted molar refractivity (Wildman–Crippen MR) is 96.0 cm³/mol. The minimum atomic E-state index is -4.60. The van der Waals surface area contributed by atoms with Gasteiger partial charge in [0.15, 0.2) is 0 Å². The molecule has 1 N–H and O–H groups in total. The van der Waals surface area contributed by atoms with Gasteiger partial charge in [-0.25, -0.2) is 0 Å². The van der Waals surface area contributed by atoms with Gasteiger partial charge in [0.25, 0.3) is 0 Å². The van der Waals surface area contributed by atoms with E-state index in [0.29, 0.717) is 38.4 Å². The van der Waals surface area contributed by atoms with Crippen molar-refractivity contribution in [3.05, 3.63) is 27.4 Å². The van der Waals surface area contributed by atoms with Crippen LogP contribution in [-0.4, -0.2) is 46.8 Å². The van der Waals surface area contributed by atoms with Crippen LogP contribution in [0.25, 0.3) is 10.9 Å². The molecule has 1 aromatic carbocycles. The molecule has 1 aromatic heterocycles. The molecule has 0 spiro atoms. The molecule has 6 nitrogen and oxygen atoms in total. The maximum absolute atomic E-state index is 13.1. The van der Waals surface area contributed by atoms with Crippen molar-refractivity contribution in [1.29, 1.82) is 0 Å². The van der Waals surface area contributed by atoms with Crippen molar-refractivity contribution in [1.82, 2.24) is 15.1 Å². The van der Waals surface area contributed by atoms with Crippen LogP contribution in [0.2, 0.25) is 10.2 Å². The smallest absolute Gasteiger partial charge is 0.406 e. The van der Waals surface area contributed by atoms with Crippen LogP contribution in [0.4, 0.5) is 13.2 Å². The molecule has 2 aromatic rings. The number of H-pyrrole nitrogens is 1. The van der Waals surface area contributed by atoms with Crippen LogP contribution in [0, 0.1) is 5.92 Å². The van der Waals surface area contributed by atoms with E-state index in [0.717, 1.165) is 7.11 Å². The van der Waals surface area contributed by atoms with Gasteiger partial charge in [-0.05, 0) is 30.0 Å². The topological polar surface area (TPSA) is 75.3 Å². The van der Waals surface area contributed by atoms with E-state index >= 15 is 0 Å². The Morgan fingerprint density at radius 1 is 1.43 bits per heavy atom. The lowest BCUT2D eigenvalue weighted by atomic mass is 9.89. The second kappa shape index (κ2) is 7.79. The number of aryl methyl sites for hydroxylation is 1. The average Bonchev–Trinajstić information content (AvgIpc) is 3.00. The van der Waals surface area contributed by atoms with Crippen molar-refractivity contribution < 1.29 is 27.5 Å². The number of esters is 1. The first kappa shape index (κ1) is 20.7. The Hall–Kier alpha value is -2.00. The number of hydrogen-bond acceptors (Lipinski definition) is 4. The first-order valence-corrected chi connectivity index (χ1v) is 9.12. The molecule has 2 heterocycles. The summed E-state index contributed by atoms with van der Waals surface area (Å²) < 4.78 is 44.0. The summed E-state index contributed by atoms with van der Waals surface area (Å²) in [6, 6.07) is 1.62. The molecule has 1 aliphatic rings. The third-order valence-electron chi connectivity index (χ3n) is 4.72. The van der Waals surface area contributed by atoms with E-state index < -0.39 is 30.5 Å². The number of aromatic amines is 1. The van der Waals surface area contributed by atoms with Gasteiger partial charge in [0.1, 0.15) is 17.2 Å². The fraction of sp³-hybridized carbons (Fsp3) is 0.471. The largest absolute Gasteiger partial charge is 0.469 e. The van der Waals surface area contributed by atoms with Crippen LogP contribution in [-0.2, 0) is 27.3 Å². The lowest BCUT2D eigenvalue weighted by Crippen LogP contribution is -2.43. The summed E-state index contributed by atoms with van der Waals surface area (Å²) in [5, 5.41) is 7.39. The number of aromatic nitrogens is 2. The lowest BCUT2D eigenvalue weighted by Gasteiger charge is -2.31. The summed E-state index contributed by atoms with van der Waals surface area (Å²) in [7, 11) is 1.16. The number of halogens is 5. The zero-order valence-corrected chi connectivity index (χ0v) is 16.2. The van der Waals surface area contributed by atoms with Gasteiger partial charge in [0, 0.05) is 17.8 Å². The highest BCUT2D eigenvalue weighted by Gasteiger charge is 2.38. The van der Waals surface area contributed by atoms with Gasteiger partial charge in [0.05, 0.1) is 18.6 Å². The molecule has 0 unspecified atom stereocenters. The Bertz CT molecular complexity index is 930. The number of nitrogens with one attached hydrogen (secondary N) is 1. The summed E-state index contributed by atoms with van der Waals surface area (Å²) in [6.45, 7) is -1.76. The molecule has 1 aliphatic heterocycles. The summed E-state index contributed by atoms with van der Waals surface area (Å²) >= 11 is 12.4. The molecule has 3 rings (SSSR count). The maximum Gasteiger partial charge on any atom is 0.406 e. The van der Waals surface area contributed by atoms with Crippen LogP contribution < -0.4 is 0 Å². The summed E-state index contributed by atoms with van der Waals surface area (Å²) in [4.78, 5) is 25.1. The lowest BCUT2D eigenvalue weighted by molar-refractivity contribution is -0.166. The second-order valence-corrected chi connectivity index (χ2v) is 7.37. The fourth-order valence-corrected chi connectivity index (χ4v) is 3.96. The van der Waals surface area contributed by atoms with Gasteiger partial charge in [0.2, 0.25) is 5.91 Å². The molecule has 0 radical (unpaired) electrons. The van der Waals surface area contributed by atoms with Gasteiger partial charge in [-0.1, -0.05) is 23.2 Å². The zero-order chi connectivity index (χ0) is 20.6. The number of nitrogens with zero attached hydrogens (tertiary/aromatic N) is 2. The third kappa shape index (κ3) is 4.20. The first-order chi connectivity index (χ1) is 13.1. The highest BCUT2D eigenvalue weighted by Crippen LogP contribution is 2.37. The van der Waals surface area contributed by atoms with Crippen molar-refractivity contribution in [2.45, 2.75) is 32.0 Å². The fourth-order valence-electron chi connectivity index (χ4n) is 3.45. The van der Waals surface area contributed by atoms with Gasteiger partial charge in [-0.3, -0.25) is 14.7 Å². The molecule has 0 aliphatic carbocycles. The van der Waals surface area contributed by atoms with E-state index in [4.69, 9.17) is 23.2 Å². The molecule has 1 amide bonds. The molecule has 11 heteroatoms. The van der Waals surface area contributed by atoms with E-state index in [9.17, 15) is 22.8 Å². The number of methoxy groups -OCH3 is 1. The van der Waals surface area contributed by atoms with E-state index in [1.54, 1.807) is 6.07 Å². The van der Waals surface area contributed by atoms with Crippen LogP contribution in [0.15, 0.2) is 6.07 Å². The second-order valence-electron chi connectivity index (χ2n) is 6.58. The molecular weight excluding hydrogens is 422 g/mol. The molecule has 152 valence electrons. The van der Waals surface area contributed by atoms with Crippen LogP contribution in [0.1, 0.15) is 24.0 Å². The Morgan fingerprint density at radius 3 is 2.79 bits per heavy atom. The number of alkyl halides is 3. The number of ether oxygens (including phenoxy) is 1. The first-order valence-electron chi connectivity index (χ1n) is 8.37. The van der Waals surface area contributed by atoms with Crippen LogP contribution >= 0.6 is 23.2 Å². The molecular formula is C17H16Cl2F3N3O3. The quantitative estimate of drug-likeness (QED) is 0.739. The van der Waals surface area contributed by atoms with E-state index in [-0.39, 0.29) is 24.5 Å². The molecule has 0 bridgehead atoms. The number of carbonyl (C=O) groups is 2. The summed E-state index contributed by atoms with van der Waals surface area (Å²) in [6.07, 6.45) is -4.37. The van der Waals surface area contributed by atoms with Crippen molar-refractivity contribution in [3.63, 3.8) is 0 Å². The van der Waals surface area contributed by atoms with Gasteiger partial charge < -0.3 is 9.64 Å². The van der Waals surface area contributed by atoms with Crippen molar-refractivity contribution >= 4 is 46.0 Å². The monoisotopic (exact) mass is 437 g/mol. The Labute approximate surface area is 167 Å². The Balaban J connectivity index is 2.09. The Kier molecular flexibility index (Phi) is 5.77. The zero-order valence-electron chi connectivity index (χ0n) is 14.7. The third-order valence-corrected chi connectivity index (χ3v) is 5.28. The number of hydrogen-bond donors (Lipinski definition) is 1. The molecule has 0 fully saturated rings. The van der Waals surface area contributed by atoms with Crippen molar-refractivity contribution in [2.75, 3.05) is 13.7 Å². The highest BCUT2D eigenvalue weighted by molar-refractivity contribution is 6.39. The predicted octanol–water partition coefficient (Wildman–Crippen LogP) is 3.89. The van der Waals surface area contributed by atoms with Gasteiger partial charge >= 0.3 is 12.1 Å². The van der Waals surface area contributed by atoms with E-state index in [2.05, 4.69) is 14.9 Å². The molecule has 0 saturated heterocycles. The SMILES string of the molecule is COC(=O)C[C@@H]1CCc2cc(Cl)c3n[nH]c(Cl)c3c2CN(CC(F)(F)F)C1=O. The normalized spacial score (nSPS) is 18.0. The number of fused-ring (bicyclic) bond motifs is 3. The Morgan fingerprint density at radius 2 is 2.14 bits per heavy atom. The average molecular weight is 438 g/mol. The van der Waals surface area contributed by atoms with Crippen LogP contribution in [0.3, 0.4) is 0 Å². The standard InChI is InChI=1S/C17H16Cl2F3N3O3/c1-28-12(26)5-9-3-2-8-4-11(18)14-13(15(19)24-23-14)10(8)6-25(16(9)27)7-17(20,21)22/h4,9H,2-3,5-7H2,1H3,(H,23,24)/t9-/m0/s1. The summed E-state index contributed by atoms with van der Waals surface area (Å²) in [5.41, 5.74) is 1.46. The number of carbonyl (C=O) groups excluding carboxylic acids is 2. The van der Waals surface area contributed by atoms with E-state index in [1.807, 2.05) is 0 Å². The van der Waals surface area contributed by atoms with Crippen molar-refractivity contribution in [3.8, 4) is 0 Å². The molecule has 0 saturated carbocycles. The molecule has 28 heavy (non-hydrogen) atoms. The highest BCUT2D eigenvalue weighted by atomic mass is 35.5. The molecule has 1 atom stereocenters. The minimum absolute atomic E-state index is 0.139. The summed E-state index contributed by atoms with van der Waals surface area (Å²) in [5.74, 6) is -2.33.